The van der Waals surface area contributed by atoms with E-state index in [1.807, 2.05) is 6.26 Å². The fourth-order valence-electron chi connectivity index (χ4n) is 1.13. The van der Waals surface area contributed by atoms with Gasteiger partial charge >= 0.3 is 0 Å². The number of hydrogen-bond acceptors (Lipinski definition) is 10. The first-order valence-electron chi connectivity index (χ1n) is 4.81. The number of anilines is 1. The van der Waals surface area contributed by atoms with Crippen LogP contribution in [0.1, 0.15) is 0 Å². The Hall–Kier alpha value is -1.43. The van der Waals surface area contributed by atoms with Gasteiger partial charge in [0.25, 0.3) is 5.69 Å². The quantitative estimate of drug-likeness (QED) is 0.369. The smallest absolute Gasteiger partial charge is 0.275 e. The van der Waals surface area contributed by atoms with Crippen LogP contribution in [-0.2, 0) is 0 Å². The summed E-state index contributed by atoms with van der Waals surface area (Å²) in [5, 5.41) is 19.1. The van der Waals surface area contributed by atoms with Gasteiger partial charge in [-0.2, -0.15) is 0 Å². The van der Waals surface area contributed by atoms with Crippen LogP contribution in [0.15, 0.2) is 25.8 Å². The lowest BCUT2D eigenvalue weighted by atomic mass is 10.4. The molecule has 0 amide bonds. The third kappa shape index (κ3) is 3.53. The van der Waals surface area contributed by atoms with Crippen LogP contribution in [0.3, 0.4) is 0 Å². The molecule has 0 aliphatic rings. The molecule has 0 atom stereocenters. The van der Waals surface area contributed by atoms with Crippen molar-refractivity contribution < 1.29 is 4.92 Å². The van der Waals surface area contributed by atoms with Crippen molar-refractivity contribution >= 4 is 46.4 Å². The normalized spacial score (nSPS) is 10.4. The van der Waals surface area contributed by atoms with E-state index in [1.54, 1.807) is 0 Å². The molecule has 2 aromatic rings. The minimum absolute atomic E-state index is 0.0833. The molecule has 11 heteroatoms. The molecule has 0 aliphatic heterocycles. The molecule has 0 unspecified atom stereocenters. The van der Waals surface area contributed by atoms with E-state index >= 15 is 0 Å². The fourth-order valence-corrected chi connectivity index (χ4v) is 3.54. The first kappa shape index (κ1) is 14.0. The first-order valence-corrected chi connectivity index (χ1v) is 7.66. The number of nitro groups is 1. The maximum Gasteiger partial charge on any atom is 0.275 e. The Morgan fingerprint density at radius 2 is 2.16 bits per heavy atom. The van der Waals surface area contributed by atoms with E-state index in [1.165, 1.54) is 47.0 Å². The third-order valence-corrected chi connectivity index (χ3v) is 4.77. The Morgan fingerprint density at radius 1 is 1.42 bits per heavy atom. The number of rotatable bonds is 5. The molecule has 3 N–H and O–H groups in total. The highest BCUT2D eigenvalue weighted by molar-refractivity contribution is 8.02. The van der Waals surface area contributed by atoms with E-state index in [9.17, 15) is 10.1 Å². The minimum Gasteiger partial charge on any atom is -0.308 e. The number of hydrazine groups is 1. The highest BCUT2D eigenvalue weighted by Crippen LogP contribution is 2.33. The summed E-state index contributed by atoms with van der Waals surface area (Å²) in [5.74, 6) is 5.46. The second kappa shape index (κ2) is 6.14. The first-order chi connectivity index (χ1) is 9.12. The topological polar surface area (TPSA) is 120 Å². The number of aromatic nitrogens is 3. The van der Waals surface area contributed by atoms with Crippen molar-refractivity contribution in [2.75, 3.05) is 11.7 Å². The van der Waals surface area contributed by atoms with Crippen LogP contribution in [-0.4, -0.2) is 26.4 Å². The molecule has 2 rings (SSSR count). The van der Waals surface area contributed by atoms with E-state index in [2.05, 4.69) is 20.6 Å². The lowest BCUT2D eigenvalue weighted by Crippen LogP contribution is -2.09. The SMILES string of the molecule is CSc1nnc(Sc2cc([N+](=O)[O-])cc(NN)n2)s1. The minimum atomic E-state index is -0.500. The van der Waals surface area contributed by atoms with E-state index in [4.69, 9.17) is 5.84 Å². The van der Waals surface area contributed by atoms with E-state index in [-0.39, 0.29) is 11.5 Å². The van der Waals surface area contributed by atoms with Crippen LogP contribution >= 0.6 is 34.9 Å². The van der Waals surface area contributed by atoms with Crippen molar-refractivity contribution in [1.82, 2.24) is 15.2 Å². The molecule has 0 spiro atoms. The summed E-state index contributed by atoms with van der Waals surface area (Å²) in [5.41, 5.74) is 2.22. The zero-order chi connectivity index (χ0) is 13.8. The zero-order valence-corrected chi connectivity index (χ0v) is 12.0. The van der Waals surface area contributed by atoms with Crippen LogP contribution in [0.4, 0.5) is 11.5 Å². The standard InChI is InChI=1S/C8H8N6O2S3/c1-17-7-12-13-8(19-7)18-6-3-4(14(15)16)2-5(10-6)11-9/h2-3H,9H2,1H3,(H,10,11). The van der Waals surface area contributed by atoms with Gasteiger partial charge in [-0.3, -0.25) is 10.1 Å². The monoisotopic (exact) mass is 316 g/mol. The Kier molecular flexibility index (Phi) is 4.52. The number of nitrogens with two attached hydrogens (primary N) is 1. The molecular formula is C8H8N6O2S3. The second-order valence-electron chi connectivity index (χ2n) is 3.09. The third-order valence-electron chi connectivity index (χ3n) is 1.90. The van der Waals surface area contributed by atoms with Gasteiger partial charge < -0.3 is 5.43 Å². The van der Waals surface area contributed by atoms with Crippen LogP contribution < -0.4 is 11.3 Å². The van der Waals surface area contributed by atoms with Gasteiger partial charge in [0, 0.05) is 6.07 Å². The molecule has 2 heterocycles. The molecule has 0 saturated heterocycles. The lowest BCUT2D eigenvalue weighted by molar-refractivity contribution is -0.385. The molecule has 2 aromatic heterocycles. The predicted molar refractivity (Wildman–Crippen MR) is 74.5 cm³/mol. The van der Waals surface area contributed by atoms with Gasteiger partial charge in [-0.25, -0.2) is 10.8 Å². The summed E-state index contributed by atoms with van der Waals surface area (Å²) in [6, 6.07) is 2.63. The van der Waals surface area contributed by atoms with E-state index < -0.39 is 4.92 Å². The van der Waals surface area contributed by atoms with E-state index in [0.717, 1.165) is 4.34 Å². The molecule has 8 nitrogen and oxygen atoms in total. The summed E-state index contributed by atoms with van der Waals surface area (Å²) in [6.45, 7) is 0. The van der Waals surface area contributed by atoms with Crippen LogP contribution in [0.25, 0.3) is 0 Å². The molecule has 0 aliphatic carbocycles. The Labute approximate surface area is 120 Å². The molecule has 0 bridgehead atoms. The maximum absolute atomic E-state index is 10.8. The number of thioether (sulfide) groups is 1. The highest BCUT2D eigenvalue weighted by atomic mass is 32.2. The van der Waals surface area contributed by atoms with Gasteiger partial charge in [-0.05, 0) is 18.0 Å². The number of nitrogens with one attached hydrogen (secondary N) is 1. The summed E-state index contributed by atoms with van der Waals surface area (Å²) >= 11 is 4.09. The fraction of sp³-hybridized carbons (Fsp3) is 0.125. The van der Waals surface area contributed by atoms with Gasteiger partial charge in [0.15, 0.2) is 8.68 Å². The lowest BCUT2D eigenvalue weighted by Gasteiger charge is -2.02. The molecule has 19 heavy (non-hydrogen) atoms. The number of hydrogen-bond donors (Lipinski definition) is 2. The van der Waals surface area contributed by atoms with E-state index in [0.29, 0.717) is 9.37 Å². The van der Waals surface area contributed by atoms with Crippen LogP contribution in [0.2, 0.25) is 0 Å². The average molecular weight is 316 g/mol. The molecule has 0 saturated carbocycles. The Morgan fingerprint density at radius 3 is 2.74 bits per heavy atom. The van der Waals surface area contributed by atoms with Crippen molar-refractivity contribution in [2.45, 2.75) is 13.7 Å². The Balaban J connectivity index is 2.28. The van der Waals surface area contributed by atoms with Gasteiger partial charge in [-0.1, -0.05) is 23.1 Å². The summed E-state index contributed by atoms with van der Waals surface area (Å²) < 4.78 is 1.49. The summed E-state index contributed by atoms with van der Waals surface area (Å²) in [6.07, 6.45) is 1.90. The van der Waals surface area contributed by atoms with Gasteiger partial charge in [0.05, 0.1) is 11.0 Å². The number of nitrogen functional groups attached to an aromatic ring is 1. The van der Waals surface area contributed by atoms with Crippen molar-refractivity contribution in [1.29, 1.82) is 0 Å². The zero-order valence-electron chi connectivity index (χ0n) is 9.56. The Bertz CT molecular complexity index is 604. The molecule has 0 fully saturated rings. The molecule has 100 valence electrons. The number of nitrogens with zero attached hydrogens (tertiary/aromatic N) is 4. The summed E-state index contributed by atoms with van der Waals surface area (Å²) in [7, 11) is 0. The largest absolute Gasteiger partial charge is 0.308 e. The predicted octanol–water partition coefficient (Wildman–Crippen LogP) is 2.00. The molecular weight excluding hydrogens is 308 g/mol. The highest BCUT2D eigenvalue weighted by Gasteiger charge is 2.13. The van der Waals surface area contributed by atoms with Crippen molar-refractivity contribution in [3.05, 3.63) is 22.2 Å². The summed E-state index contributed by atoms with van der Waals surface area (Å²) in [4.78, 5) is 14.4. The average Bonchev–Trinajstić information content (AvgIpc) is 2.85. The second-order valence-corrected chi connectivity index (χ2v) is 6.39. The van der Waals surface area contributed by atoms with Gasteiger partial charge in [0.2, 0.25) is 0 Å². The van der Waals surface area contributed by atoms with Crippen molar-refractivity contribution in [3.63, 3.8) is 0 Å². The van der Waals surface area contributed by atoms with Gasteiger partial charge in [-0.15, -0.1) is 10.2 Å². The maximum atomic E-state index is 10.8. The van der Waals surface area contributed by atoms with Crippen LogP contribution in [0, 0.1) is 10.1 Å². The van der Waals surface area contributed by atoms with Crippen LogP contribution in [0.5, 0.6) is 0 Å². The molecule has 0 aromatic carbocycles. The van der Waals surface area contributed by atoms with Gasteiger partial charge in [0.1, 0.15) is 10.8 Å². The van der Waals surface area contributed by atoms with Crippen molar-refractivity contribution in [3.8, 4) is 0 Å². The van der Waals surface area contributed by atoms with Crippen molar-refractivity contribution in [2.24, 2.45) is 5.84 Å². The molecule has 0 radical (unpaired) electrons. The number of pyridine rings is 1.